The summed E-state index contributed by atoms with van der Waals surface area (Å²) in [6.45, 7) is 5.01. The van der Waals surface area contributed by atoms with Crippen molar-refractivity contribution < 1.29 is 14.3 Å². The molecule has 2 aliphatic rings. The standard InChI is InChI=1S/C18H24N4O3/c1-2-25-18(24)21-12-10-20(11-13-21)14-17(23)22-16(8-9-19-22)15-6-4-3-5-7-15/h3-9,16,19H,2,10-14H2,1H3/t16-/m0/s1. The van der Waals surface area contributed by atoms with E-state index in [0.717, 1.165) is 5.56 Å². The molecule has 2 heterocycles. The molecule has 0 radical (unpaired) electrons. The van der Waals surface area contributed by atoms with Crippen LogP contribution in [0.25, 0.3) is 0 Å². The van der Waals surface area contributed by atoms with Gasteiger partial charge in [-0.15, -0.1) is 0 Å². The van der Waals surface area contributed by atoms with Gasteiger partial charge >= 0.3 is 6.09 Å². The van der Waals surface area contributed by atoms with E-state index in [1.165, 1.54) is 0 Å². The molecule has 1 fully saturated rings. The smallest absolute Gasteiger partial charge is 0.409 e. The first-order valence-electron chi connectivity index (χ1n) is 8.63. The van der Waals surface area contributed by atoms with Gasteiger partial charge in [-0.25, -0.2) is 9.80 Å². The number of ether oxygens (including phenoxy) is 1. The van der Waals surface area contributed by atoms with Crippen LogP contribution in [0.15, 0.2) is 42.6 Å². The Hall–Kier alpha value is -2.54. The van der Waals surface area contributed by atoms with E-state index in [9.17, 15) is 9.59 Å². The first-order valence-corrected chi connectivity index (χ1v) is 8.63. The SMILES string of the molecule is CCOC(=O)N1CCN(CC(=O)N2NC=C[C@H]2c2ccccc2)CC1. The summed E-state index contributed by atoms with van der Waals surface area (Å²) in [5, 5.41) is 1.66. The summed E-state index contributed by atoms with van der Waals surface area (Å²) in [5.41, 5.74) is 4.10. The molecule has 7 nitrogen and oxygen atoms in total. The number of hydrogen-bond acceptors (Lipinski definition) is 5. The third-order valence-electron chi connectivity index (χ3n) is 4.44. The Morgan fingerprint density at radius 3 is 2.56 bits per heavy atom. The fourth-order valence-electron chi connectivity index (χ4n) is 3.09. The van der Waals surface area contributed by atoms with E-state index in [0.29, 0.717) is 39.3 Å². The molecule has 1 aromatic carbocycles. The van der Waals surface area contributed by atoms with Crippen molar-refractivity contribution in [3.05, 3.63) is 48.2 Å². The average Bonchev–Trinajstić information content (AvgIpc) is 3.13. The highest BCUT2D eigenvalue weighted by molar-refractivity contribution is 5.79. The number of carbonyl (C=O) groups is 2. The second-order valence-electron chi connectivity index (χ2n) is 6.07. The van der Waals surface area contributed by atoms with Crippen molar-refractivity contribution in [1.29, 1.82) is 0 Å². The molecule has 0 saturated carbocycles. The number of rotatable bonds is 4. The zero-order chi connectivity index (χ0) is 17.6. The fraction of sp³-hybridized carbons (Fsp3) is 0.444. The minimum atomic E-state index is -0.275. The van der Waals surface area contributed by atoms with Gasteiger partial charge in [0.05, 0.1) is 19.2 Å². The lowest BCUT2D eigenvalue weighted by Gasteiger charge is -2.35. The van der Waals surface area contributed by atoms with Crippen LogP contribution >= 0.6 is 0 Å². The second-order valence-corrected chi connectivity index (χ2v) is 6.07. The topological polar surface area (TPSA) is 65.1 Å². The predicted octanol–water partition coefficient (Wildman–Crippen LogP) is 1.36. The summed E-state index contributed by atoms with van der Waals surface area (Å²) in [6, 6.07) is 9.85. The summed E-state index contributed by atoms with van der Waals surface area (Å²) in [6.07, 6.45) is 3.50. The van der Waals surface area contributed by atoms with E-state index >= 15 is 0 Å². The molecule has 0 spiro atoms. The summed E-state index contributed by atoms with van der Waals surface area (Å²) >= 11 is 0. The van der Waals surface area contributed by atoms with Crippen molar-refractivity contribution >= 4 is 12.0 Å². The summed E-state index contributed by atoms with van der Waals surface area (Å²) in [5.74, 6) is 0.0171. The Labute approximate surface area is 147 Å². The normalized spacial score (nSPS) is 20.4. The van der Waals surface area contributed by atoms with Crippen LogP contribution in [0.4, 0.5) is 4.79 Å². The van der Waals surface area contributed by atoms with Crippen LogP contribution in [-0.2, 0) is 9.53 Å². The van der Waals surface area contributed by atoms with Gasteiger partial charge in [0, 0.05) is 32.4 Å². The lowest BCUT2D eigenvalue weighted by molar-refractivity contribution is -0.136. The van der Waals surface area contributed by atoms with Crippen LogP contribution in [0.2, 0.25) is 0 Å². The molecule has 2 amide bonds. The zero-order valence-corrected chi connectivity index (χ0v) is 14.4. The molecule has 0 unspecified atom stereocenters. The fourth-order valence-corrected chi connectivity index (χ4v) is 3.09. The molecule has 1 saturated heterocycles. The maximum absolute atomic E-state index is 12.7. The van der Waals surface area contributed by atoms with Crippen molar-refractivity contribution in [3.8, 4) is 0 Å². The van der Waals surface area contributed by atoms with E-state index in [-0.39, 0.29) is 18.0 Å². The minimum absolute atomic E-state index is 0.0171. The minimum Gasteiger partial charge on any atom is -0.450 e. The van der Waals surface area contributed by atoms with E-state index in [1.807, 2.05) is 36.4 Å². The van der Waals surface area contributed by atoms with Gasteiger partial charge in [-0.3, -0.25) is 9.69 Å². The summed E-state index contributed by atoms with van der Waals surface area (Å²) < 4.78 is 5.02. The number of piperazine rings is 1. The summed E-state index contributed by atoms with van der Waals surface area (Å²) in [4.78, 5) is 28.2. The molecule has 134 valence electrons. The number of nitrogens with one attached hydrogen (secondary N) is 1. The molecule has 0 aliphatic carbocycles. The highest BCUT2D eigenvalue weighted by atomic mass is 16.6. The van der Waals surface area contributed by atoms with Gasteiger partial charge in [-0.2, -0.15) is 0 Å². The quantitative estimate of drug-likeness (QED) is 0.894. The van der Waals surface area contributed by atoms with Crippen LogP contribution < -0.4 is 5.43 Å². The average molecular weight is 344 g/mol. The molecule has 7 heteroatoms. The number of hydrogen-bond donors (Lipinski definition) is 1. The number of amides is 2. The molecule has 1 N–H and O–H groups in total. The molecule has 0 bridgehead atoms. The Morgan fingerprint density at radius 2 is 1.88 bits per heavy atom. The monoisotopic (exact) mass is 344 g/mol. The first-order chi connectivity index (χ1) is 12.2. The van der Waals surface area contributed by atoms with Crippen LogP contribution in [0, 0.1) is 0 Å². The van der Waals surface area contributed by atoms with Gasteiger partial charge in [-0.1, -0.05) is 30.3 Å². The first kappa shape index (κ1) is 17.3. The Morgan fingerprint density at radius 1 is 1.16 bits per heavy atom. The van der Waals surface area contributed by atoms with E-state index in [2.05, 4.69) is 10.3 Å². The Kier molecular flexibility index (Phi) is 5.55. The lowest BCUT2D eigenvalue weighted by Crippen LogP contribution is -2.52. The van der Waals surface area contributed by atoms with Gasteiger partial charge in [0.25, 0.3) is 5.91 Å². The Bertz CT molecular complexity index is 626. The van der Waals surface area contributed by atoms with Crippen molar-refractivity contribution in [2.24, 2.45) is 0 Å². The van der Waals surface area contributed by atoms with E-state index in [4.69, 9.17) is 4.74 Å². The maximum Gasteiger partial charge on any atom is 0.409 e. The lowest BCUT2D eigenvalue weighted by atomic mass is 10.1. The molecule has 1 atom stereocenters. The highest BCUT2D eigenvalue weighted by Gasteiger charge is 2.29. The molecule has 2 aliphatic heterocycles. The van der Waals surface area contributed by atoms with Crippen molar-refractivity contribution in [2.45, 2.75) is 13.0 Å². The maximum atomic E-state index is 12.7. The molecular weight excluding hydrogens is 320 g/mol. The van der Waals surface area contributed by atoms with E-state index in [1.54, 1.807) is 23.0 Å². The Balaban J connectivity index is 1.52. The van der Waals surface area contributed by atoms with Crippen LogP contribution in [0.1, 0.15) is 18.5 Å². The van der Waals surface area contributed by atoms with Crippen LogP contribution in [0.3, 0.4) is 0 Å². The molecule has 25 heavy (non-hydrogen) atoms. The van der Waals surface area contributed by atoms with Gasteiger partial charge in [0.15, 0.2) is 0 Å². The van der Waals surface area contributed by atoms with E-state index < -0.39 is 0 Å². The summed E-state index contributed by atoms with van der Waals surface area (Å²) in [7, 11) is 0. The van der Waals surface area contributed by atoms with Crippen molar-refractivity contribution in [2.75, 3.05) is 39.3 Å². The van der Waals surface area contributed by atoms with Gasteiger partial charge in [0.2, 0.25) is 0 Å². The predicted molar refractivity (Wildman–Crippen MR) is 93.3 cm³/mol. The molecule has 0 aromatic heterocycles. The van der Waals surface area contributed by atoms with Crippen LogP contribution in [0.5, 0.6) is 0 Å². The largest absolute Gasteiger partial charge is 0.450 e. The number of carbonyl (C=O) groups excluding carboxylic acids is 2. The van der Waals surface area contributed by atoms with Crippen molar-refractivity contribution in [1.82, 2.24) is 20.2 Å². The van der Waals surface area contributed by atoms with Gasteiger partial charge in [-0.05, 0) is 18.6 Å². The van der Waals surface area contributed by atoms with Gasteiger partial charge in [0.1, 0.15) is 0 Å². The zero-order valence-electron chi connectivity index (χ0n) is 14.4. The number of hydrazine groups is 1. The van der Waals surface area contributed by atoms with Crippen LogP contribution in [-0.4, -0.2) is 66.1 Å². The molecular formula is C18H24N4O3. The van der Waals surface area contributed by atoms with Crippen molar-refractivity contribution in [3.63, 3.8) is 0 Å². The highest BCUT2D eigenvalue weighted by Crippen LogP contribution is 2.24. The van der Waals surface area contributed by atoms with Gasteiger partial charge < -0.3 is 15.1 Å². The number of nitrogens with zero attached hydrogens (tertiary/aromatic N) is 3. The second kappa shape index (κ2) is 8.02. The number of benzene rings is 1. The third-order valence-corrected chi connectivity index (χ3v) is 4.44. The molecule has 3 rings (SSSR count). The molecule has 1 aromatic rings. The third kappa shape index (κ3) is 4.11.